The molecule has 0 unspecified atom stereocenters. The summed E-state index contributed by atoms with van der Waals surface area (Å²) in [6.07, 6.45) is 4.24. The summed E-state index contributed by atoms with van der Waals surface area (Å²) >= 11 is 0. The van der Waals surface area contributed by atoms with Crippen LogP contribution in [-0.2, 0) is 19.6 Å². The number of hydrogen-bond donors (Lipinski definition) is 2. The highest BCUT2D eigenvalue weighted by atomic mass is 32.2. The van der Waals surface area contributed by atoms with E-state index in [1.165, 1.54) is 43.5 Å². The monoisotopic (exact) mass is 433 g/mol. The first-order valence-corrected chi connectivity index (χ1v) is 10.8. The largest absolute Gasteiger partial charge is 0.464 e. The van der Waals surface area contributed by atoms with Crippen molar-refractivity contribution >= 4 is 33.5 Å². The van der Waals surface area contributed by atoms with Crippen LogP contribution in [0.15, 0.2) is 47.5 Å². The zero-order chi connectivity index (χ0) is 22.1. The van der Waals surface area contributed by atoms with Crippen molar-refractivity contribution in [3.05, 3.63) is 53.9 Å². The molecule has 0 bridgehead atoms. The van der Waals surface area contributed by atoms with Crippen molar-refractivity contribution < 1.29 is 27.5 Å². The van der Waals surface area contributed by atoms with E-state index in [1.807, 2.05) is 11.6 Å². The molecule has 2 rings (SSSR count). The van der Waals surface area contributed by atoms with E-state index in [4.69, 9.17) is 0 Å². The lowest BCUT2D eigenvalue weighted by molar-refractivity contribution is -0.116. The van der Waals surface area contributed by atoms with Crippen molar-refractivity contribution in [1.29, 1.82) is 0 Å². The number of amides is 2. The number of anilines is 1. The second-order valence-corrected chi connectivity index (χ2v) is 8.07. The molecular weight excluding hydrogens is 410 g/mol. The Morgan fingerprint density at radius 2 is 1.73 bits per heavy atom. The molecule has 1 aromatic carbocycles. The minimum atomic E-state index is -4.13. The number of aromatic nitrogens is 1. The smallest absolute Gasteiger partial charge is 0.356 e. The predicted octanol–water partition coefficient (Wildman–Crippen LogP) is 2.51. The van der Waals surface area contributed by atoms with E-state index in [0.29, 0.717) is 12.1 Å². The number of carbonyl (C=O) groups is 3. The first kappa shape index (κ1) is 23.0. The average Bonchev–Trinajstić information content (AvgIpc) is 2.73. The molecule has 0 radical (unpaired) electrons. The Bertz CT molecular complexity index is 1000. The molecular formula is C20H23N3O6S. The van der Waals surface area contributed by atoms with Crippen LogP contribution in [0.2, 0.25) is 0 Å². The van der Waals surface area contributed by atoms with Gasteiger partial charge in [0.1, 0.15) is 5.69 Å². The van der Waals surface area contributed by atoms with Crippen LogP contribution in [-0.4, -0.2) is 38.3 Å². The second-order valence-electron chi connectivity index (χ2n) is 6.39. The molecule has 9 nitrogen and oxygen atoms in total. The van der Waals surface area contributed by atoms with Crippen molar-refractivity contribution in [3.63, 3.8) is 0 Å². The van der Waals surface area contributed by atoms with Gasteiger partial charge in [0, 0.05) is 18.3 Å². The van der Waals surface area contributed by atoms with Crippen molar-refractivity contribution in [3.8, 4) is 0 Å². The number of unbranched alkanes of at least 4 members (excludes halogenated alkanes) is 2. The fraction of sp³-hybridized carbons (Fsp3) is 0.300. The maximum absolute atomic E-state index is 12.4. The SMILES string of the molecule is CCCCCC(=O)Nc1ccc(S(=O)(=O)NC(=O)c2ccc(C(=O)OC)nc2)cc1. The summed E-state index contributed by atoms with van der Waals surface area (Å²) < 4.78 is 31.3. The summed E-state index contributed by atoms with van der Waals surface area (Å²) in [5.41, 5.74) is 0.413. The van der Waals surface area contributed by atoms with Crippen LogP contribution in [0.4, 0.5) is 5.69 Å². The van der Waals surface area contributed by atoms with E-state index in [1.54, 1.807) is 0 Å². The molecule has 0 spiro atoms. The van der Waals surface area contributed by atoms with Crippen LogP contribution < -0.4 is 10.0 Å². The van der Waals surface area contributed by atoms with Gasteiger partial charge in [-0.1, -0.05) is 19.8 Å². The number of hydrogen-bond acceptors (Lipinski definition) is 7. The zero-order valence-electron chi connectivity index (χ0n) is 16.7. The van der Waals surface area contributed by atoms with Gasteiger partial charge in [-0.05, 0) is 42.8 Å². The van der Waals surface area contributed by atoms with Crippen molar-refractivity contribution in [2.24, 2.45) is 0 Å². The Labute approximate surface area is 174 Å². The molecule has 160 valence electrons. The van der Waals surface area contributed by atoms with Gasteiger partial charge in [-0.2, -0.15) is 0 Å². The quantitative estimate of drug-likeness (QED) is 0.459. The third-order valence-corrected chi connectivity index (χ3v) is 5.45. The van der Waals surface area contributed by atoms with Gasteiger partial charge < -0.3 is 10.1 Å². The van der Waals surface area contributed by atoms with E-state index in [0.717, 1.165) is 25.5 Å². The molecule has 0 saturated carbocycles. The molecule has 10 heteroatoms. The first-order valence-electron chi connectivity index (χ1n) is 9.28. The topological polar surface area (TPSA) is 132 Å². The predicted molar refractivity (Wildman–Crippen MR) is 109 cm³/mol. The molecule has 1 aromatic heterocycles. The van der Waals surface area contributed by atoms with E-state index in [9.17, 15) is 22.8 Å². The molecule has 0 saturated heterocycles. The standard InChI is InChI=1S/C20H23N3O6S/c1-3-4-5-6-18(24)22-15-8-10-16(11-9-15)30(27,28)23-19(25)14-7-12-17(21-13-14)20(26)29-2/h7-13H,3-6H2,1-2H3,(H,22,24)(H,23,25). The van der Waals surface area contributed by atoms with Crippen LogP contribution in [0.3, 0.4) is 0 Å². The molecule has 2 aromatic rings. The number of nitrogens with one attached hydrogen (secondary N) is 2. The summed E-state index contributed by atoms with van der Waals surface area (Å²) in [5.74, 6) is -1.71. The summed E-state index contributed by atoms with van der Waals surface area (Å²) in [4.78, 5) is 39.0. The third-order valence-electron chi connectivity index (χ3n) is 4.10. The van der Waals surface area contributed by atoms with Crippen LogP contribution in [0, 0.1) is 0 Å². The minimum absolute atomic E-state index is 0.00997. The van der Waals surface area contributed by atoms with Crippen molar-refractivity contribution in [2.75, 3.05) is 12.4 Å². The molecule has 0 aliphatic rings. The number of benzene rings is 1. The number of esters is 1. The lowest BCUT2D eigenvalue weighted by atomic mass is 10.2. The number of ether oxygens (including phenoxy) is 1. The van der Waals surface area contributed by atoms with Gasteiger partial charge in [-0.15, -0.1) is 0 Å². The molecule has 0 aliphatic heterocycles. The Morgan fingerprint density at radius 1 is 1.03 bits per heavy atom. The molecule has 30 heavy (non-hydrogen) atoms. The van der Waals surface area contributed by atoms with Gasteiger partial charge in [0.05, 0.1) is 17.6 Å². The first-order chi connectivity index (χ1) is 14.3. The van der Waals surface area contributed by atoms with Crippen LogP contribution in [0.25, 0.3) is 0 Å². The van der Waals surface area contributed by atoms with Crippen molar-refractivity contribution in [1.82, 2.24) is 9.71 Å². The minimum Gasteiger partial charge on any atom is -0.464 e. The highest BCUT2D eigenvalue weighted by Crippen LogP contribution is 2.15. The summed E-state index contributed by atoms with van der Waals surface area (Å²) in [6.45, 7) is 2.05. The fourth-order valence-corrected chi connectivity index (χ4v) is 3.44. The number of nitrogens with zero attached hydrogens (tertiary/aromatic N) is 1. The molecule has 0 aliphatic carbocycles. The lowest BCUT2D eigenvalue weighted by Crippen LogP contribution is -2.30. The van der Waals surface area contributed by atoms with Gasteiger partial charge in [0.25, 0.3) is 15.9 Å². The van der Waals surface area contributed by atoms with E-state index < -0.39 is 21.9 Å². The molecule has 0 fully saturated rings. The summed E-state index contributed by atoms with van der Waals surface area (Å²) in [6, 6.07) is 7.99. The second kappa shape index (κ2) is 10.5. The molecule has 2 amide bonds. The maximum atomic E-state index is 12.4. The normalized spacial score (nSPS) is 10.9. The highest BCUT2D eigenvalue weighted by Gasteiger charge is 2.19. The number of rotatable bonds is 9. The summed E-state index contributed by atoms with van der Waals surface area (Å²) in [5, 5.41) is 2.70. The van der Waals surface area contributed by atoms with Gasteiger partial charge in [0.2, 0.25) is 5.91 Å². The lowest BCUT2D eigenvalue weighted by Gasteiger charge is -2.09. The highest BCUT2D eigenvalue weighted by molar-refractivity contribution is 7.90. The number of pyridine rings is 1. The molecule has 1 heterocycles. The van der Waals surface area contributed by atoms with E-state index in [-0.39, 0.29) is 22.1 Å². The third kappa shape index (κ3) is 6.38. The van der Waals surface area contributed by atoms with Crippen LogP contribution in [0.1, 0.15) is 53.5 Å². The van der Waals surface area contributed by atoms with E-state index in [2.05, 4.69) is 15.0 Å². The Hall–Kier alpha value is -3.27. The number of sulfonamides is 1. The average molecular weight is 433 g/mol. The Kier molecular flexibility index (Phi) is 8.05. The molecule has 2 N–H and O–H groups in total. The van der Waals surface area contributed by atoms with Crippen LogP contribution in [0.5, 0.6) is 0 Å². The van der Waals surface area contributed by atoms with Crippen LogP contribution >= 0.6 is 0 Å². The van der Waals surface area contributed by atoms with Gasteiger partial charge in [-0.3, -0.25) is 9.59 Å². The number of methoxy groups -OCH3 is 1. The fourth-order valence-electron chi connectivity index (χ4n) is 2.47. The zero-order valence-corrected chi connectivity index (χ0v) is 17.5. The Balaban J connectivity index is 2.02. The van der Waals surface area contributed by atoms with Gasteiger partial charge in [-0.25, -0.2) is 22.9 Å². The number of carbonyl (C=O) groups excluding carboxylic acids is 3. The van der Waals surface area contributed by atoms with E-state index >= 15 is 0 Å². The molecule has 0 atom stereocenters. The maximum Gasteiger partial charge on any atom is 0.356 e. The van der Waals surface area contributed by atoms with Crippen molar-refractivity contribution in [2.45, 2.75) is 37.5 Å². The van der Waals surface area contributed by atoms with Gasteiger partial charge >= 0.3 is 5.97 Å². The summed E-state index contributed by atoms with van der Waals surface area (Å²) in [7, 11) is -2.94. The Morgan fingerprint density at radius 3 is 2.30 bits per heavy atom. The van der Waals surface area contributed by atoms with Gasteiger partial charge in [0.15, 0.2) is 0 Å².